The van der Waals surface area contributed by atoms with Gasteiger partial charge in [-0.3, -0.25) is 4.72 Å². The number of rotatable bonds is 5. The Hall–Kier alpha value is -0.720. The van der Waals surface area contributed by atoms with Gasteiger partial charge in [-0.2, -0.15) is 13.2 Å². The summed E-state index contributed by atoms with van der Waals surface area (Å²) in [5.41, 5.74) is -0.886. The van der Waals surface area contributed by atoms with Gasteiger partial charge in [-0.25, -0.2) is 0 Å². The fourth-order valence-corrected chi connectivity index (χ4v) is 2.53. The summed E-state index contributed by atoms with van der Waals surface area (Å²) < 4.78 is 41.7. The Kier molecular flexibility index (Phi) is 5.75. The van der Waals surface area contributed by atoms with Gasteiger partial charge in [-0.15, -0.1) is 0 Å². The van der Waals surface area contributed by atoms with Crippen LogP contribution >= 0.6 is 11.9 Å². The fourth-order valence-electron chi connectivity index (χ4n) is 1.78. The lowest BCUT2D eigenvalue weighted by Gasteiger charge is -2.34. The van der Waals surface area contributed by atoms with E-state index in [1.807, 2.05) is 20.8 Å². The molecule has 0 fully saturated rings. The van der Waals surface area contributed by atoms with Gasteiger partial charge < -0.3 is 5.11 Å². The van der Waals surface area contributed by atoms with Crippen LogP contribution in [0, 0.1) is 0 Å². The van der Waals surface area contributed by atoms with E-state index in [4.69, 9.17) is 0 Å². The monoisotopic (exact) mass is 321 g/mol. The van der Waals surface area contributed by atoms with E-state index in [1.54, 1.807) is 13.0 Å². The van der Waals surface area contributed by atoms with Crippen molar-refractivity contribution in [3.05, 3.63) is 35.4 Å². The lowest BCUT2D eigenvalue weighted by Crippen LogP contribution is -2.38. The molecule has 0 saturated carbocycles. The van der Waals surface area contributed by atoms with Crippen LogP contribution in [0.2, 0.25) is 0 Å². The van der Waals surface area contributed by atoms with Crippen molar-refractivity contribution in [2.24, 2.45) is 0 Å². The van der Waals surface area contributed by atoms with E-state index in [-0.39, 0.29) is 11.4 Å². The summed E-state index contributed by atoms with van der Waals surface area (Å²) in [6, 6.07) is 5.25. The van der Waals surface area contributed by atoms with Crippen molar-refractivity contribution in [2.45, 2.75) is 50.6 Å². The summed E-state index contributed by atoms with van der Waals surface area (Å²) in [6.07, 6.45) is -4.04. The first-order valence-corrected chi connectivity index (χ1v) is 7.53. The number of hydrogen-bond acceptors (Lipinski definition) is 3. The molecule has 2 N–H and O–H groups in total. The first-order chi connectivity index (χ1) is 9.48. The van der Waals surface area contributed by atoms with Gasteiger partial charge in [-0.05, 0) is 51.8 Å². The van der Waals surface area contributed by atoms with Gasteiger partial charge in [0, 0.05) is 11.4 Å². The van der Waals surface area contributed by atoms with Crippen molar-refractivity contribution in [1.29, 1.82) is 0 Å². The molecule has 0 spiro atoms. The molecule has 0 aromatic heterocycles. The van der Waals surface area contributed by atoms with Crippen molar-refractivity contribution in [3.8, 4) is 0 Å². The Balaban J connectivity index is 3.10. The number of benzene rings is 1. The SMILES string of the molecule is CC(C)(C)SNC(C)(CCO)c1cccc(C(F)(F)F)c1. The molecular formula is C15H22F3NOS. The molecule has 1 atom stereocenters. The maximum absolute atomic E-state index is 12.8. The van der Waals surface area contributed by atoms with Crippen LogP contribution in [-0.2, 0) is 11.7 Å². The summed E-state index contributed by atoms with van der Waals surface area (Å²) >= 11 is 1.45. The van der Waals surface area contributed by atoms with E-state index in [0.29, 0.717) is 12.0 Å². The Morgan fingerprint density at radius 1 is 1.10 bits per heavy atom. The van der Waals surface area contributed by atoms with Gasteiger partial charge in [0.05, 0.1) is 11.1 Å². The molecular weight excluding hydrogens is 299 g/mol. The standard InChI is InChI=1S/C15H22F3NOS/c1-13(2,3)21-19-14(4,8-9-20)11-6-5-7-12(10-11)15(16,17)18/h5-7,10,19-20H,8-9H2,1-4H3. The zero-order valence-corrected chi connectivity index (χ0v) is 13.5. The van der Waals surface area contributed by atoms with E-state index in [2.05, 4.69) is 4.72 Å². The van der Waals surface area contributed by atoms with E-state index >= 15 is 0 Å². The van der Waals surface area contributed by atoms with Crippen LogP contribution in [0.3, 0.4) is 0 Å². The van der Waals surface area contributed by atoms with Gasteiger partial charge in [0.2, 0.25) is 0 Å². The molecule has 0 amide bonds. The average Bonchev–Trinajstić information content (AvgIpc) is 2.35. The highest BCUT2D eigenvalue weighted by Crippen LogP contribution is 2.35. The third-order valence-electron chi connectivity index (χ3n) is 3.02. The van der Waals surface area contributed by atoms with Crippen LogP contribution in [0.15, 0.2) is 24.3 Å². The summed E-state index contributed by atoms with van der Waals surface area (Å²) in [5.74, 6) is 0. The molecule has 0 heterocycles. The molecule has 0 bridgehead atoms. The lowest BCUT2D eigenvalue weighted by atomic mass is 9.89. The number of halogens is 3. The van der Waals surface area contributed by atoms with Gasteiger partial charge >= 0.3 is 6.18 Å². The smallest absolute Gasteiger partial charge is 0.396 e. The van der Waals surface area contributed by atoms with Crippen molar-refractivity contribution in [1.82, 2.24) is 4.72 Å². The van der Waals surface area contributed by atoms with Gasteiger partial charge in [0.1, 0.15) is 0 Å². The minimum absolute atomic E-state index is 0.0850. The van der Waals surface area contributed by atoms with Gasteiger partial charge in [-0.1, -0.05) is 24.1 Å². The number of hydrogen-bond donors (Lipinski definition) is 2. The van der Waals surface area contributed by atoms with Crippen molar-refractivity contribution in [3.63, 3.8) is 0 Å². The average molecular weight is 321 g/mol. The molecule has 0 aliphatic heterocycles. The number of alkyl halides is 3. The minimum Gasteiger partial charge on any atom is -0.396 e. The van der Waals surface area contributed by atoms with Crippen LogP contribution in [0.25, 0.3) is 0 Å². The molecule has 1 rings (SSSR count). The molecule has 1 aromatic carbocycles. The van der Waals surface area contributed by atoms with E-state index in [9.17, 15) is 18.3 Å². The third-order valence-corrected chi connectivity index (χ3v) is 4.19. The molecule has 2 nitrogen and oxygen atoms in total. The maximum Gasteiger partial charge on any atom is 0.416 e. The van der Waals surface area contributed by atoms with Crippen molar-refractivity contribution < 1.29 is 18.3 Å². The third kappa shape index (κ3) is 5.52. The highest BCUT2D eigenvalue weighted by atomic mass is 32.2. The summed E-state index contributed by atoms with van der Waals surface area (Å²) in [5, 5.41) is 9.25. The highest BCUT2D eigenvalue weighted by molar-refractivity contribution is 7.98. The van der Waals surface area contributed by atoms with Crippen LogP contribution in [-0.4, -0.2) is 16.5 Å². The van der Waals surface area contributed by atoms with Crippen molar-refractivity contribution in [2.75, 3.05) is 6.61 Å². The summed E-state index contributed by atoms with van der Waals surface area (Å²) in [4.78, 5) is 0. The Morgan fingerprint density at radius 2 is 1.67 bits per heavy atom. The topological polar surface area (TPSA) is 32.3 Å². The summed E-state index contributed by atoms with van der Waals surface area (Å²) in [7, 11) is 0. The van der Waals surface area contributed by atoms with E-state index < -0.39 is 17.3 Å². The second-order valence-electron chi connectivity index (χ2n) is 6.20. The molecule has 120 valence electrons. The van der Waals surface area contributed by atoms with Gasteiger partial charge in [0.25, 0.3) is 0 Å². The largest absolute Gasteiger partial charge is 0.416 e. The van der Waals surface area contributed by atoms with Crippen LogP contribution in [0.4, 0.5) is 13.2 Å². The summed E-state index contributed by atoms with van der Waals surface area (Å²) in [6.45, 7) is 7.73. The second kappa shape index (κ2) is 6.58. The first kappa shape index (κ1) is 18.3. The van der Waals surface area contributed by atoms with E-state index in [1.165, 1.54) is 18.0 Å². The van der Waals surface area contributed by atoms with Gasteiger partial charge in [0.15, 0.2) is 0 Å². The fraction of sp³-hybridized carbons (Fsp3) is 0.600. The van der Waals surface area contributed by atoms with Crippen LogP contribution in [0.1, 0.15) is 45.2 Å². The Morgan fingerprint density at radius 3 is 2.14 bits per heavy atom. The van der Waals surface area contributed by atoms with Crippen LogP contribution < -0.4 is 4.72 Å². The van der Waals surface area contributed by atoms with E-state index in [0.717, 1.165) is 12.1 Å². The predicted molar refractivity (Wildman–Crippen MR) is 81.0 cm³/mol. The lowest BCUT2D eigenvalue weighted by molar-refractivity contribution is -0.137. The number of nitrogens with one attached hydrogen (secondary N) is 1. The zero-order valence-electron chi connectivity index (χ0n) is 12.7. The Labute approximate surface area is 128 Å². The molecule has 0 radical (unpaired) electrons. The quantitative estimate of drug-likeness (QED) is 0.791. The highest BCUT2D eigenvalue weighted by Gasteiger charge is 2.34. The number of aliphatic hydroxyl groups is 1. The normalized spacial score (nSPS) is 15.8. The first-order valence-electron chi connectivity index (χ1n) is 6.72. The molecule has 1 aromatic rings. The predicted octanol–water partition coefficient (Wildman–Crippen LogP) is 4.34. The molecule has 21 heavy (non-hydrogen) atoms. The zero-order chi connectivity index (χ0) is 16.3. The molecule has 0 aliphatic rings. The number of aliphatic hydroxyl groups excluding tert-OH is 1. The molecule has 0 saturated heterocycles. The molecule has 6 heteroatoms. The molecule has 0 aliphatic carbocycles. The maximum atomic E-state index is 12.8. The Bertz CT molecular complexity index is 471. The second-order valence-corrected chi connectivity index (χ2v) is 7.83. The van der Waals surface area contributed by atoms with Crippen LogP contribution in [0.5, 0.6) is 0 Å². The molecule has 1 unspecified atom stereocenters. The van der Waals surface area contributed by atoms with Crippen molar-refractivity contribution >= 4 is 11.9 Å². The minimum atomic E-state index is -4.37.